The molecule has 3 nitrogen and oxygen atoms in total. The van der Waals surface area contributed by atoms with E-state index in [1.807, 2.05) is 39.0 Å². The van der Waals surface area contributed by atoms with Crippen LogP contribution in [0.2, 0.25) is 0 Å². The molecule has 0 unspecified atom stereocenters. The SMILES string of the molecule is CC.Cc1cccc2[nH]c(CO)cc(=O)c12. The smallest absolute Gasteiger partial charge is 0.190 e. The van der Waals surface area contributed by atoms with Gasteiger partial charge in [0, 0.05) is 22.7 Å². The minimum absolute atomic E-state index is 0.0408. The highest BCUT2D eigenvalue weighted by atomic mass is 16.3. The van der Waals surface area contributed by atoms with Crippen molar-refractivity contribution >= 4 is 10.9 Å². The number of hydrogen-bond acceptors (Lipinski definition) is 2. The molecule has 2 N–H and O–H groups in total. The van der Waals surface area contributed by atoms with Gasteiger partial charge < -0.3 is 10.1 Å². The lowest BCUT2D eigenvalue weighted by Crippen LogP contribution is -2.06. The van der Waals surface area contributed by atoms with Crippen LogP contribution in [0.1, 0.15) is 25.1 Å². The molecule has 0 saturated heterocycles. The number of aliphatic hydroxyl groups excluding tert-OH is 1. The third-order valence-electron chi connectivity index (χ3n) is 2.29. The highest BCUT2D eigenvalue weighted by Gasteiger charge is 2.03. The first-order chi connectivity index (χ1) is 7.72. The number of aromatic amines is 1. The third-order valence-corrected chi connectivity index (χ3v) is 2.29. The van der Waals surface area contributed by atoms with Crippen molar-refractivity contribution in [1.29, 1.82) is 0 Å². The van der Waals surface area contributed by atoms with E-state index in [0.29, 0.717) is 11.1 Å². The standard InChI is InChI=1S/C11H11NO2.C2H6/c1-7-3-2-4-9-11(7)10(14)5-8(6-13)12-9;1-2/h2-5,13H,6H2,1H3,(H,12,14);1-2H3. The summed E-state index contributed by atoms with van der Waals surface area (Å²) in [6, 6.07) is 7.06. The number of H-pyrrole nitrogens is 1. The first-order valence-electron chi connectivity index (χ1n) is 5.45. The Kier molecular flexibility index (Phi) is 4.26. The average molecular weight is 219 g/mol. The van der Waals surface area contributed by atoms with E-state index < -0.39 is 0 Å². The van der Waals surface area contributed by atoms with Gasteiger partial charge in [0.1, 0.15) is 0 Å². The van der Waals surface area contributed by atoms with Crippen LogP contribution in [0.3, 0.4) is 0 Å². The van der Waals surface area contributed by atoms with E-state index in [4.69, 9.17) is 5.11 Å². The molecule has 86 valence electrons. The molecule has 1 aromatic carbocycles. The van der Waals surface area contributed by atoms with Crippen LogP contribution in [0, 0.1) is 6.92 Å². The van der Waals surface area contributed by atoms with Gasteiger partial charge in [0.05, 0.1) is 6.61 Å². The topological polar surface area (TPSA) is 53.1 Å². The number of benzene rings is 1. The van der Waals surface area contributed by atoms with Crippen LogP contribution < -0.4 is 5.43 Å². The van der Waals surface area contributed by atoms with Crippen molar-refractivity contribution in [2.75, 3.05) is 0 Å². The average Bonchev–Trinajstić information content (AvgIpc) is 2.31. The summed E-state index contributed by atoms with van der Waals surface area (Å²) >= 11 is 0. The molecule has 0 amide bonds. The van der Waals surface area contributed by atoms with E-state index in [1.165, 1.54) is 6.07 Å². The van der Waals surface area contributed by atoms with Gasteiger partial charge in [-0.3, -0.25) is 4.79 Å². The fourth-order valence-electron chi connectivity index (χ4n) is 1.62. The van der Waals surface area contributed by atoms with Crippen LogP contribution >= 0.6 is 0 Å². The van der Waals surface area contributed by atoms with E-state index in [9.17, 15) is 4.79 Å². The second kappa shape index (κ2) is 5.47. The van der Waals surface area contributed by atoms with Crippen molar-refractivity contribution in [1.82, 2.24) is 4.98 Å². The summed E-state index contributed by atoms with van der Waals surface area (Å²) in [4.78, 5) is 14.7. The number of hydrogen-bond donors (Lipinski definition) is 2. The van der Waals surface area contributed by atoms with Crippen molar-refractivity contribution in [3.63, 3.8) is 0 Å². The quantitative estimate of drug-likeness (QED) is 0.773. The van der Waals surface area contributed by atoms with Gasteiger partial charge in [-0.1, -0.05) is 26.0 Å². The van der Waals surface area contributed by atoms with Gasteiger partial charge in [0.25, 0.3) is 0 Å². The molecule has 2 aromatic rings. The molecular formula is C13H17NO2. The number of aryl methyl sites for hydroxylation is 1. The molecule has 0 radical (unpaired) electrons. The molecule has 2 rings (SSSR count). The van der Waals surface area contributed by atoms with E-state index in [1.54, 1.807) is 0 Å². The summed E-state index contributed by atoms with van der Waals surface area (Å²) in [7, 11) is 0. The molecule has 0 saturated carbocycles. The third kappa shape index (κ3) is 2.31. The van der Waals surface area contributed by atoms with Crippen LogP contribution in [-0.4, -0.2) is 10.1 Å². The second-order valence-electron chi connectivity index (χ2n) is 3.31. The predicted octanol–water partition coefficient (Wildman–Crippen LogP) is 2.36. The molecule has 16 heavy (non-hydrogen) atoms. The highest BCUT2D eigenvalue weighted by molar-refractivity contribution is 5.81. The van der Waals surface area contributed by atoms with E-state index in [-0.39, 0.29) is 12.0 Å². The van der Waals surface area contributed by atoms with Gasteiger partial charge in [-0.2, -0.15) is 0 Å². The minimum atomic E-state index is -0.140. The number of nitrogens with one attached hydrogen (secondary N) is 1. The largest absolute Gasteiger partial charge is 0.390 e. The van der Waals surface area contributed by atoms with Crippen LogP contribution in [0.15, 0.2) is 29.1 Å². The lowest BCUT2D eigenvalue weighted by molar-refractivity contribution is 0.277. The Hall–Kier alpha value is -1.61. The first kappa shape index (κ1) is 12.5. The normalized spacial score (nSPS) is 9.75. The van der Waals surface area contributed by atoms with Crippen LogP contribution in [0.5, 0.6) is 0 Å². The van der Waals surface area contributed by atoms with Crippen LogP contribution in [0.4, 0.5) is 0 Å². The Morgan fingerprint density at radius 1 is 1.31 bits per heavy atom. The van der Waals surface area contributed by atoms with Crippen molar-refractivity contribution < 1.29 is 5.11 Å². The highest BCUT2D eigenvalue weighted by Crippen LogP contribution is 2.12. The Balaban J connectivity index is 0.000000606. The van der Waals surface area contributed by atoms with Gasteiger partial charge in [-0.05, 0) is 18.6 Å². The van der Waals surface area contributed by atoms with Gasteiger partial charge in [-0.25, -0.2) is 0 Å². The zero-order chi connectivity index (χ0) is 12.1. The van der Waals surface area contributed by atoms with Gasteiger partial charge in [-0.15, -0.1) is 0 Å². The van der Waals surface area contributed by atoms with Crippen molar-refractivity contribution in [3.8, 4) is 0 Å². The molecule has 0 aliphatic heterocycles. The molecule has 0 spiro atoms. The number of aliphatic hydroxyl groups is 1. The lowest BCUT2D eigenvalue weighted by atomic mass is 10.1. The molecular weight excluding hydrogens is 202 g/mol. The maximum absolute atomic E-state index is 11.6. The summed E-state index contributed by atoms with van der Waals surface area (Å²) in [5.74, 6) is 0. The number of aromatic nitrogens is 1. The van der Waals surface area contributed by atoms with E-state index >= 15 is 0 Å². The van der Waals surface area contributed by atoms with E-state index in [2.05, 4.69) is 4.98 Å². The zero-order valence-electron chi connectivity index (χ0n) is 9.87. The van der Waals surface area contributed by atoms with Crippen LogP contribution in [0.25, 0.3) is 10.9 Å². The maximum Gasteiger partial charge on any atom is 0.190 e. The molecule has 1 heterocycles. The van der Waals surface area contributed by atoms with Crippen molar-refractivity contribution in [2.24, 2.45) is 0 Å². The summed E-state index contributed by atoms with van der Waals surface area (Å²) < 4.78 is 0. The molecule has 0 aliphatic carbocycles. The Morgan fingerprint density at radius 3 is 2.62 bits per heavy atom. The summed E-state index contributed by atoms with van der Waals surface area (Å²) in [6.07, 6.45) is 0. The summed E-state index contributed by atoms with van der Waals surface area (Å²) in [5, 5.41) is 9.62. The Labute approximate surface area is 94.8 Å². The molecule has 1 aromatic heterocycles. The van der Waals surface area contributed by atoms with Crippen molar-refractivity contribution in [3.05, 3.63) is 45.7 Å². The zero-order valence-corrected chi connectivity index (χ0v) is 9.87. The summed E-state index contributed by atoms with van der Waals surface area (Å²) in [5.41, 5.74) is 2.24. The molecule has 3 heteroatoms. The summed E-state index contributed by atoms with van der Waals surface area (Å²) in [6.45, 7) is 5.76. The predicted molar refractivity (Wildman–Crippen MR) is 66.6 cm³/mol. The fraction of sp³-hybridized carbons (Fsp3) is 0.308. The van der Waals surface area contributed by atoms with Crippen molar-refractivity contribution in [2.45, 2.75) is 27.4 Å². The molecule has 0 atom stereocenters. The Morgan fingerprint density at radius 2 is 2.00 bits per heavy atom. The number of rotatable bonds is 1. The number of fused-ring (bicyclic) bond motifs is 1. The van der Waals surface area contributed by atoms with Gasteiger partial charge in [0.2, 0.25) is 0 Å². The fourth-order valence-corrected chi connectivity index (χ4v) is 1.62. The Bertz CT molecular complexity index is 529. The number of pyridine rings is 1. The second-order valence-corrected chi connectivity index (χ2v) is 3.31. The van der Waals surface area contributed by atoms with Gasteiger partial charge in [0.15, 0.2) is 5.43 Å². The van der Waals surface area contributed by atoms with Gasteiger partial charge >= 0.3 is 0 Å². The monoisotopic (exact) mass is 219 g/mol. The minimum Gasteiger partial charge on any atom is -0.390 e. The van der Waals surface area contributed by atoms with E-state index in [0.717, 1.165) is 11.1 Å². The molecule has 0 aliphatic rings. The maximum atomic E-state index is 11.6. The first-order valence-corrected chi connectivity index (χ1v) is 5.45. The molecule has 0 bridgehead atoms. The molecule has 0 fully saturated rings. The lowest BCUT2D eigenvalue weighted by Gasteiger charge is -2.03. The van der Waals surface area contributed by atoms with Crippen LogP contribution in [-0.2, 0) is 6.61 Å².